The average molecular weight is 527 g/mol. The van der Waals surface area contributed by atoms with Crippen molar-refractivity contribution < 1.29 is 13.2 Å². The minimum atomic E-state index is -4.50. The molecule has 36 heavy (non-hydrogen) atoms. The van der Waals surface area contributed by atoms with Crippen LogP contribution in [0.5, 0.6) is 0 Å². The Bertz CT molecular complexity index is 1550. The van der Waals surface area contributed by atoms with Crippen molar-refractivity contribution in [1.29, 1.82) is 0 Å². The maximum atomic E-state index is 13.1. The first-order valence-electron chi connectivity index (χ1n) is 11.1. The second-order valence-electron chi connectivity index (χ2n) is 8.21. The Morgan fingerprint density at radius 1 is 1.06 bits per heavy atom. The number of nitrogens with zero attached hydrogens (tertiary/aromatic N) is 4. The molecule has 0 fully saturated rings. The molecule has 3 heterocycles. The largest absolute Gasteiger partial charge is 0.416 e. The van der Waals surface area contributed by atoms with E-state index >= 15 is 0 Å². The minimum Gasteiger partial charge on any atom is -0.280 e. The predicted octanol–water partition coefficient (Wildman–Crippen LogP) is 6.62. The van der Waals surface area contributed by atoms with E-state index < -0.39 is 17.3 Å². The van der Waals surface area contributed by atoms with Crippen LogP contribution in [0.2, 0.25) is 0 Å². The number of alkyl halides is 3. The van der Waals surface area contributed by atoms with Crippen LogP contribution in [0.15, 0.2) is 87.9 Å². The van der Waals surface area contributed by atoms with Crippen LogP contribution in [0.3, 0.4) is 0 Å². The first-order chi connectivity index (χ1) is 17.3. The molecule has 0 radical (unpaired) electrons. The highest BCUT2D eigenvalue weighted by Crippen LogP contribution is 2.33. The molecule has 1 aliphatic rings. The van der Waals surface area contributed by atoms with Crippen molar-refractivity contribution in [1.82, 2.24) is 19.2 Å². The van der Waals surface area contributed by atoms with Gasteiger partial charge in [0.2, 0.25) is 5.65 Å². The quantitative estimate of drug-likeness (QED) is 0.274. The van der Waals surface area contributed by atoms with E-state index in [0.29, 0.717) is 10.9 Å². The lowest BCUT2D eigenvalue weighted by molar-refractivity contribution is -0.137. The number of halogens is 3. The molecule has 0 N–H and O–H groups in total. The van der Waals surface area contributed by atoms with E-state index in [4.69, 9.17) is 0 Å². The molecule has 0 atom stereocenters. The molecule has 0 spiro atoms. The summed E-state index contributed by atoms with van der Waals surface area (Å²) in [4.78, 5) is 14.3. The Hall–Kier alpha value is -3.24. The molecule has 184 valence electrons. The Kier molecular flexibility index (Phi) is 6.81. The monoisotopic (exact) mass is 526 g/mol. The highest BCUT2D eigenvalue weighted by Gasteiger charge is 2.30. The van der Waals surface area contributed by atoms with Crippen LogP contribution in [0.25, 0.3) is 16.9 Å². The van der Waals surface area contributed by atoms with Crippen LogP contribution >= 0.6 is 23.5 Å². The van der Waals surface area contributed by atoms with E-state index in [-0.39, 0.29) is 11.3 Å². The van der Waals surface area contributed by atoms with Gasteiger partial charge in [0.25, 0.3) is 0 Å². The highest BCUT2D eigenvalue weighted by atomic mass is 32.2. The summed E-state index contributed by atoms with van der Waals surface area (Å²) >= 11 is 3.29. The molecule has 2 aromatic heterocycles. The normalized spacial score (nSPS) is 14.4. The number of benzene rings is 2. The average Bonchev–Trinajstić information content (AvgIpc) is 3.16. The molecule has 0 unspecified atom stereocenters. The number of rotatable bonds is 5. The summed E-state index contributed by atoms with van der Waals surface area (Å²) in [6.07, 6.45) is 3.93. The zero-order valence-electron chi connectivity index (χ0n) is 19.2. The summed E-state index contributed by atoms with van der Waals surface area (Å²) in [6.45, 7) is 2.13. The van der Waals surface area contributed by atoms with Crippen molar-refractivity contribution in [2.45, 2.75) is 30.4 Å². The van der Waals surface area contributed by atoms with Gasteiger partial charge < -0.3 is 0 Å². The van der Waals surface area contributed by atoms with Crippen LogP contribution in [0, 0.1) is 0 Å². The summed E-state index contributed by atoms with van der Waals surface area (Å²) in [7, 11) is 0. The standard InChI is InChI=1S/C26H21F3N4OS2/c1-17-6-4-8-19(15-35-17)22-11-3-2-7-18(22)16-36-25-31-30-23-24(34)32(12-13-33(23)25)21-10-5-9-20(14-21)26(27,28)29/h2-3,5-14H,4,15-16H2,1H3. The third-order valence-electron chi connectivity index (χ3n) is 5.84. The van der Waals surface area contributed by atoms with Gasteiger partial charge in [-0.15, -0.1) is 22.0 Å². The second-order valence-corrected chi connectivity index (χ2v) is 10.4. The van der Waals surface area contributed by atoms with Gasteiger partial charge in [0, 0.05) is 29.6 Å². The van der Waals surface area contributed by atoms with Crippen LogP contribution in [0.1, 0.15) is 30.0 Å². The van der Waals surface area contributed by atoms with E-state index in [0.717, 1.165) is 34.4 Å². The van der Waals surface area contributed by atoms with E-state index in [2.05, 4.69) is 41.4 Å². The lowest BCUT2D eigenvalue weighted by Gasteiger charge is -2.12. The zero-order chi connectivity index (χ0) is 25.3. The first-order valence-corrected chi connectivity index (χ1v) is 13.1. The number of hydrogen-bond donors (Lipinski definition) is 0. The SMILES string of the molecule is CC1=CCC=C(c2ccccc2CSc2nnc3c(=O)n(-c4cccc(C(F)(F)F)c4)ccn23)CS1. The van der Waals surface area contributed by atoms with E-state index in [1.54, 1.807) is 10.6 Å². The molecule has 0 saturated carbocycles. The van der Waals surface area contributed by atoms with Gasteiger partial charge in [-0.05, 0) is 53.1 Å². The second kappa shape index (κ2) is 10.0. The molecule has 2 aromatic carbocycles. The maximum absolute atomic E-state index is 13.1. The minimum absolute atomic E-state index is 0.0510. The Morgan fingerprint density at radius 2 is 1.89 bits per heavy atom. The van der Waals surface area contributed by atoms with Crippen molar-refractivity contribution in [2.24, 2.45) is 0 Å². The fourth-order valence-electron chi connectivity index (χ4n) is 3.97. The van der Waals surface area contributed by atoms with Crippen molar-refractivity contribution in [3.05, 3.63) is 105 Å². The van der Waals surface area contributed by atoms with Crippen molar-refractivity contribution in [3.8, 4) is 5.69 Å². The summed E-state index contributed by atoms with van der Waals surface area (Å²) in [5.41, 5.74) is 2.44. The number of aromatic nitrogens is 4. The lowest BCUT2D eigenvalue weighted by atomic mass is 10.0. The maximum Gasteiger partial charge on any atom is 0.416 e. The number of hydrogen-bond acceptors (Lipinski definition) is 5. The van der Waals surface area contributed by atoms with E-state index in [9.17, 15) is 18.0 Å². The molecule has 4 aromatic rings. The van der Waals surface area contributed by atoms with Crippen LogP contribution < -0.4 is 5.56 Å². The molecule has 0 amide bonds. The lowest BCUT2D eigenvalue weighted by Crippen LogP contribution is -2.20. The molecule has 10 heteroatoms. The summed E-state index contributed by atoms with van der Waals surface area (Å²) < 4.78 is 42.1. The predicted molar refractivity (Wildman–Crippen MR) is 138 cm³/mol. The molecule has 5 nitrogen and oxygen atoms in total. The fraction of sp³-hybridized carbons (Fsp3) is 0.192. The van der Waals surface area contributed by atoms with Gasteiger partial charge in [-0.2, -0.15) is 13.2 Å². The van der Waals surface area contributed by atoms with Crippen LogP contribution in [0.4, 0.5) is 13.2 Å². The van der Waals surface area contributed by atoms with Crippen molar-refractivity contribution in [3.63, 3.8) is 0 Å². The Morgan fingerprint density at radius 3 is 2.72 bits per heavy atom. The Balaban J connectivity index is 1.41. The number of thioether (sulfide) groups is 2. The molecule has 0 aliphatic carbocycles. The zero-order valence-corrected chi connectivity index (χ0v) is 20.8. The van der Waals surface area contributed by atoms with Crippen LogP contribution in [-0.4, -0.2) is 24.9 Å². The van der Waals surface area contributed by atoms with Crippen molar-refractivity contribution in [2.75, 3.05) is 5.75 Å². The molecule has 0 saturated heterocycles. The highest BCUT2D eigenvalue weighted by molar-refractivity contribution is 8.03. The van der Waals surface area contributed by atoms with E-state index in [1.807, 2.05) is 23.9 Å². The summed E-state index contributed by atoms with van der Waals surface area (Å²) in [5.74, 6) is 1.54. The fourth-order valence-corrected chi connectivity index (χ4v) is 5.76. The summed E-state index contributed by atoms with van der Waals surface area (Å²) in [5, 5.41) is 8.76. The van der Waals surface area contributed by atoms with Crippen LogP contribution in [-0.2, 0) is 11.9 Å². The van der Waals surface area contributed by atoms with Gasteiger partial charge in [0.1, 0.15) is 0 Å². The molecular weight excluding hydrogens is 505 g/mol. The van der Waals surface area contributed by atoms with Crippen molar-refractivity contribution >= 4 is 34.7 Å². The van der Waals surface area contributed by atoms with E-state index in [1.165, 1.54) is 46.1 Å². The third kappa shape index (κ3) is 5.01. The van der Waals surface area contributed by atoms with Gasteiger partial charge in [0.15, 0.2) is 5.16 Å². The molecule has 5 rings (SSSR count). The van der Waals surface area contributed by atoms with Gasteiger partial charge in [-0.3, -0.25) is 13.8 Å². The molecule has 0 bridgehead atoms. The smallest absolute Gasteiger partial charge is 0.280 e. The topological polar surface area (TPSA) is 52.2 Å². The molecular formula is C26H21F3N4OS2. The third-order valence-corrected chi connectivity index (χ3v) is 7.91. The summed E-state index contributed by atoms with van der Waals surface area (Å²) in [6, 6.07) is 12.9. The molecule has 1 aliphatic heterocycles. The number of fused-ring (bicyclic) bond motifs is 1. The van der Waals surface area contributed by atoms with Gasteiger partial charge in [-0.1, -0.05) is 54.2 Å². The number of allylic oxidation sites excluding steroid dienone is 3. The van der Waals surface area contributed by atoms with Gasteiger partial charge in [0.05, 0.1) is 5.56 Å². The van der Waals surface area contributed by atoms with Gasteiger partial charge >= 0.3 is 11.7 Å². The van der Waals surface area contributed by atoms with Gasteiger partial charge in [-0.25, -0.2) is 0 Å². The first kappa shape index (κ1) is 24.5. The Labute approximate surface area is 213 Å².